The fraction of sp³-hybridized carbons (Fsp3) is 0.188. The molecule has 1 saturated heterocycles. The number of pyridine rings is 1. The Balaban J connectivity index is 1.32. The molecule has 5 aromatic rings. The van der Waals surface area contributed by atoms with Crippen LogP contribution in [-0.4, -0.2) is 28.9 Å². The Labute approximate surface area is 221 Å². The van der Waals surface area contributed by atoms with Gasteiger partial charge in [0, 0.05) is 24.0 Å². The quantitative estimate of drug-likeness (QED) is 0.274. The average molecular weight is 504 g/mol. The van der Waals surface area contributed by atoms with Crippen molar-refractivity contribution in [1.29, 1.82) is 0 Å². The van der Waals surface area contributed by atoms with Crippen LogP contribution in [0.2, 0.25) is 0 Å². The minimum Gasteiger partial charge on any atom is -0.397 e. The first-order valence-electron chi connectivity index (χ1n) is 12.8. The highest BCUT2D eigenvalue weighted by molar-refractivity contribution is 7.21. The van der Waals surface area contributed by atoms with Gasteiger partial charge in [-0.2, -0.15) is 0 Å². The number of rotatable bonds is 5. The molecule has 2 aromatic heterocycles. The number of benzene rings is 3. The zero-order valence-corrected chi connectivity index (χ0v) is 21.5. The summed E-state index contributed by atoms with van der Waals surface area (Å²) in [5, 5.41) is 0.873. The summed E-state index contributed by atoms with van der Waals surface area (Å²) in [6, 6.07) is 33.1. The Morgan fingerprint density at radius 3 is 2.11 bits per heavy atom. The van der Waals surface area contributed by atoms with Crippen molar-refractivity contribution >= 4 is 33.1 Å². The zero-order chi connectivity index (χ0) is 25.2. The molecule has 4 nitrogen and oxygen atoms in total. The number of nitrogens with two attached hydrogens (primary N) is 1. The Morgan fingerprint density at radius 1 is 0.865 bits per heavy atom. The number of nitrogens with zero attached hydrogens (tertiary/aromatic N) is 2. The van der Waals surface area contributed by atoms with Crippen LogP contribution in [0.4, 0.5) is 5.69 Å². The first kappa shape index (κ1) is 23.4. The topological polar surface area (TPSA) is 59.2 Å². The van der Waals surface area contributed by atoms with Crippen LogP contribution in [0.1, 0.15) is 28.1 Å². The van der Waals surface area contributed by atoms with Gasteiger partial charge in [0.2, 0.25) is 0 Å². The summed E-state index contributed by atoms with van der Waals surface area (Å²) in [6.07, 6.45) is 3.09. The monoisotopic (exact) mass is 503 g/mol. The molecule has 37 heavy (non-hydrogen) atoms. The van der Waals surface area contributed by atoms with E-state index in [0.717, 1.165) is 65.0 Å². The maximum atomic E-state index is 13.7. The highest BCUT2D eigenvalue weighted by Crippen LogP contribution is 2.42. The van der Waals surface area contributed by atoms with E-state index in [1.807, 2.05) is 41.3 Å². The first-order valence-corrected chi connectivity index (χ1v) is 13.7. The summed E-state index contributed by atoms with van der Waals surface area (Å²) in [5.74, 6) is 0.630. The molecule has 5 heteroatoms. The molecule has 1 amide bonds. The molecular weight excluding hydrogens is 474 g/mol. The molecule has 1 aliphatic rings. The first-order chi connectivity index (χ1) is 18.2. The van der Waals surface area contributed by atoms with Crippen LogP contribution < -0.4 is 5.73 Å². The van der Waals surface area contributed by atoms with Gasteiger partial charge in [-0.25, -0.2) is 4.98 Å². The maximum absolute atomic E-state index is 13.7. The second-order valence-electron chi connectivity index (χ2n) is 9.74. The Morgan fingerprint density at radius 2 is 1.46 bits per heavy atom. The van der Waals surface area contributed by atoms with Crippen molar-refractivity contribution in [3.05, 3.63) is 108 Å². The molecule has 0 saturated carbocycles. The predicted octanol–water partition coefficient (Wildman–Crippen LogP) is 7.31. The number of hydrogen-bond acceptors (Lipinski definition) is 4. The molecule has 0 spiro atoms. The van der Waals surface area contributed by atoms with E-state index in [9.17, 15) is 4.79 Å². The van der Waals surface area contributed by atoms with E-state index >= 15 is 0 Å². The van der Waals surface area contributed by atoms with Crippen molar-refractivity contribution in [2.24, 2.45) is 5.92 Å². The minimum atomic E-state index is 0.0268. The van der Waals surface area contributed by atoms with Gasteiger partial charge in [-0.3, -0.25) is 4.79 Å². The van der Waals surface area contributed by atoms with Crippen LogP contribution in [0.5, 0.6) is 0 Å². The van der Waals surface area contributed by atoms with Crippen LogP contribution >= 0.6 is 11.3 Å². The van der Waals surface area contributed by atoms with E-state index in [1.54, 1.807) is 0 Å². The summed E-state index contributed by atoms with van der Waals surface area (Å²) in [6.45, 7) is 1.52. The summed E-state index contributed by atoms with van der Waals surface area (Å²) in [5.41, 5.74) is 12.6. The fourth-order valence-electron chi connectivity index (χ4n) is 5.31. The van der Waals surface area contributed by atoms with Gasteiger partial charge in [-0.15, -0.1) is 11.3 Å². The Hall–Kier alpha value is -3.96. The number of likely N-dealkylation sites (tertiary alicyclic amines) is 1. The number of nitrogen functional groups attached to an aromatic ring is 1. The molecule has 1 fully saturated rings. The zero-order valence-electron chi connectivity index (χ0n) is 20.6. The normalized spacial score (nSPS) is 14.2. The maximum Gasteiger partial charge on any atom is 0.266 e. The van der Waals surface area contributed by atoms with E-state index in [2.05, 4.69) is 60.7 Å². The van der Waals surface area contributed by atoms with Crippen molar-refractivity contribution in [1.82, 2.24) is 9.88 Å². The van der Waals surface area contributed by atoms with Gasteiger partial charge in [0.1, 0.15) is 9.71 Å². The fourth-order valence-corrected chi connectivity index (χ4v) is 6.40. The van der Waals surface area contributed by atoms with E-state index in [4.69, 9.17) is 10.7 Å². The SMILES string of the molecule is Nc1c(C(=O)N2CCC(Cc3ccccc3)CC2)sc2nc(-c3ccccc3)cc(-c3ccccc3)c12. The number of anilines is 1. The lowest BCUT2D eigenvalue weighted by Crippen LogP contribution is -2.38. The second kappa shape index (κ2) is 10.2. The Kier molecular flexibility index (Phi) is 6.46. The van der Waals surface area contributed by atoms with Crippen molar-refractivity contribution in [2.45, 2.75) is 19.3 Å². The van der Waals surface area contributed by atoms with E-state index in [1.165, 1.54) is 16.9 Å². The lowest BCUT2D eigenvalue weighted by molar-refractivity contribution is 0.0696. The van der Waals surface area contributed by atoms with Crippen LogP contribution in [0.15, 0.2) is 97.1 Å². The number of hydrogen-bond donors (Lipinski definition) is 1. The summed E-state index contributed by atoms with van der Waals surface area (Å²) >= 11 is 1.42. The number of thiophene rings is 1. The van der Waals surface area contributed by atoms with Crippen molar-refractivity contribution in [3.63, 3.8) is 0 Å². The lowest BCUT2D eigenvalue weighted by atomic mass is 9.90. The molecule has 3 aromatic carbocycles. The Bertz CT molecular complexity index is 1520. The smallest absolute Gasteiger partial charge is 0.266 e. The number of amides is 1. The largest absolute Gasteiger partial charge is 0.397 e. The number of fused-ring (bicyclic) bond motifs is 1. The molecular formula is C32H29N3OS. The van der Waals surface area contributed by atoms with Gasteiger partial charge in [-0.1, -0.05) is 91.0 Å². The van der Waals surface area contributed by atoms with Crippen LogP contribution in [-0.2, 0) is 6.42 Å². The van der Waals surface area contributed by atoms with Gasteiger partial charge in [0.25, 0.3) is 5.91 Å². The second-order valence-corrected chi connectivity index (χ2v) is 10.7. The van der Waals surface area contributed by atoms with Gasteiger partial charge >= 0.3 is 0 Å². The van der Waals surface area contributed by atoms with E-state index in [-0.39, 0.29) is 5.91 Å². The van der Waals surface area contributed by atoms with Gasteiger partial charge in [0.05, 0.1) is 11.4 Å². The average Bonchev–Trinajstić information content (AvgIpc) is 3.30. The molecule has 3 heterocycles. The van der Waals surface area contributed by atoms with Crippen molar-refractivity contribution < 1.29 is 4.79 Å². The summed E-state index contributed by atoms with van der Waals surface area (Å²) in [4.78, 5) is 22.0. The van der Waals surface area contributed by atoms with Gasteiger partial charge in [0.15, 0.2) is 0 Å². The standard InChI is InChI=1S/C32H29N3OS/c33-29-28-26(24-12-6-2-7-13-24)21-27(25-14-8-3-9-15-25)34-31(28)37-30(29)32(36)35-18-16-23(17-19-35)20-22-10-4-1-5-11-22/h1-15,21,23H,16-20,33H2. The van der Waals surface area contributed by atoms with Gasteiger partial charge in [-0.05, 0) is 47.9 Å². The third kappa shape index (κ3) is 4.75. The number of piperidine rings is 1. The van der Waals surface area contributed by atoms with E-state index in [0.29, 0.717) is 16.5 Å². The number of aromatic nitrogens is 1. The van der Waals surface area contributed by atoms with Crippen LogP contribution in [0, 0.1) is 5.92 Å². The van der Waals surface area contributed by atoms with Crippen LogP contribution in [0.25, 0.3) is 32.6 Å². The van der Waals surface area contributed by atoms with E-state index < -0.39 is 0 Å². The third-order valence-corrected chi connectivity index (χ3v) is 8.40. The molecule has 6 rings (SSSR count). The lowest BCUT2D eigenvalue weighted by Gasteiger charge is -2.32. The summed E-state index contributed by atoms with van der Waals surface area (Å²) in [7, 11) is 0. The van der Waals surface area contributed by atoms with Gasteiger partial charge < -0.3 is 10.6 Å². The van der Waals surface area contributed by atoms with Crippen molar-refractivity contribution in [2.75, 3.05) is 18.8 Å². The van der Waals surface area contributed by atoms with Crippen molar-refractivity contribution in [3.8, 4) is 22.4 Å². The predicted molar refractivity (Wildman–Crippen MR) is 154 cm³/mol. The molecule has 0 atom stereocenters. The number of carbonyl (C=O) groups is 1. The molecule has 184 valence electrons. The molecule has 2 N–H and O–H groups in total. The minimum absolute atomic E-state index is 0.0268. The molecule has 0 unspecified atom stereocenters. The summed E-state index contributed by atoms with van der Waals surface area (Å²) < 4.78 is 0. The highest BCUT2D eigenvalue weighted by atomic mass is 32.1. The number of carbonyl (C=O) groups excluding carboxylic acids is 1. The molecule has 0 radical (unpaired) electrons. The highest BCUT2D eigenvalue weighted by Gasteiger charge is 2.28. The third-order valence-electron chi connectivity index (χ3n) is 7.32. The molecule has 0 bridgehead atoms. The molecule has 1 aliphatic heterocycles. The molecule has 0 aliphatic carbocycles. The van der Waals surface area contributed by atoms with Crippen LogP contribution in [0.3, 0.4) is 0 Å².